The number of carbonyl (C=O) groups is 1. The van der Waals surface area contributed by atoms with Gasteiger partial charge >= 0.3 is 0 Å². The lowest BCUT2D eigenvalue weighted by atomic mass is 9.53. The number of aromatic nitrogens is 1. The van der Waals surface area contributed by atoms with Crippen molar-refractivity contribution >= 4 is 51.3 Å². The van der Waals surface area contributed by atoms with Crippen molar-refractivity contribution in [3.8, 4) is 0 Å². The average Bonchev–Trinajstić information content (AvgIpc) is 3.21. The molecule has 6 atom stereocenters. The van der Waals surface area contributed by atoms with E-state index >= 15 is 0 Å². The molecule has 0 saturated heterocycles. The monoisotopic (exact) mass is 552 g/mol. The molecule has 2 aliphatic rings. The van der Waals surface area contributed by atoms with Crippen LogP contribution in [0.15, 0.2) is 18.2 Å². The Balaban J connectivity index is 1.54. The third-order valence-corrected chi connectivity index (χ3v) is 10.0. The number of fused-ring (bicyclic) bond motifs is 2. The molecule has 6 unspecified atom stereocenters. The Hall–Kier alpha value is -1.38. The summed E-state index contributed by atoms with van der Waals surface area (Å²) >= 11 is 14.4. The first-order valence-corrected chi connectivity index (χ1v) is 14.3. The minimum absolute atomic E-state index is 0.0340. The standard InChI is InChI=1S/C27H38Cl2N4O2S/c1-15(25(35)33(6)13-12-32(4)5)17-10-11-27(3)14-20-22(16(2)21(27)24(17)34)30-26(36-20)31-23-18(28)8-7-9-19(23)29/h7-9,15-17,21,24,34H,10-14H2,1-6H3,(H,30,31). The first kappa shape index (κ1) is 27.6. The molecule has 0 spiro atoms. The molecule has 36 heavy (non-hydrogen) atoms. The summed E-state index contributed by atoms with van der Waals surface area (Å²) in [5.41, 5.74) is 1.66. The van der Waals surface area contributed by atoms with E-state index in [0.29, 0.717) is 22.3 Å². The summed E-state index contributed by atoms with van der Waals surface area (Å²) in [4.78, 5) is 23.3. The van der Waals surface area contributed by atoms with Gasteiger partial charge in [0, 0.05) is 36.9 Å². The Morgan fingerprint density at radius 1 is 1.28 bits per heavy atom. The highest BCUT2D eigenvalue weighted by Gasteiger charge is 2.54. The van der Waals surface area contributed by atoms with Crippen LogP contribution in [-0.2, 0) is 11.2 Å². The van der Waals surface area contributed by atoms with E-state index in [1.54, 1.807) is 23.5 Å². The molecule has 1 heterocycles. The fraction of sp³-hybridized carbons (Fsp3) is 0.630. The number of nitrogens with zero attached hydrogens (tertiary/aromatic N) is 3. The van der Waals surface area contributed by atoms with E-state index in [2.05, 4.69) is 24.1 Å². The zero-order valence-corrected chi connectivity index (χ0v) is 24.3. The van der Waals surface area contributed by atoms with Gasteiger partial charge in [0.25, 0.3) is 0 Å². The maximum Gasteiger partial charge on any atom is 0.225 e. The van der Waals surface area contributed by atoms with Crippen molar-refractivity contribution in [1.29, 1.82) is 0 Å². The molecule has 1 fully saturated rings. The van der Waals surface area contributed by atoms with Gasteiger partial charge in [-0.2, -0.15) is 0 Å². The van der Waals surface area contributed by atoms with Gasteiger partial charge in [-0.25, -0.2) is 4.98 Å². The number of benzene rings is 1. The Bertz CT molecular complexity index is 1090. The van der Waals surface area contributed by atoms with Gasteiger partial charge in [-0.05, 0) is 62.7 Å². The first-order chi connectivity index (χ1) is 16.9. The van der Waals surface area contributed by atoms with Gasteiger partial charge in [0.15, 0.2) is 5.13 Å². The quantitative estimate of drug-likeness (QED) is 0.447. The normalized spacial score (nSPS) is 28.4. The molecule has 1 saturated carbocycles. The van der Waals surface area contributed by atoms with E-state index in [1.807, 2.05) is 39.0 Å². The molecule has 0 radical (unpaired) electrons. The van der Waals surface area contributed by atoms with E-state index in [0.717, 1.165) is 36.6 Å². The van der Waals surface area contributed by atoms with Crippen molar-refractivity contribution in [1.82, 2.24) is 14.8 Å². The van der Waals surface area contributed by atoms with Crippen LogP contribution in [0.5, 0.6) is 0 Å². The molecule has 1 aromatic carbocycles. The molecular formula is C27H38Cl2N4O2S. The number of carbonyl (C=O) groups excluding carboxylic acids is 1. The Kier molecular flexibility index (Phi) is 8.28. The van der Waals surface area contributed by atoms with Crippen molar-refractivity contribution in [2.24, 2.45) is 23.2 Å². The number of hydrogen-bond acceptors (Lipinski definition) is 6. The van der Waals surface area contributed by atoms with Crippen molar-refractivity contribution in [3.05, 3.63) is 38.8 Å². The Labute approximate surface area is 229 Å². The van der Waals surface area contributed by atoms with E-state index < -0.39 is 6.10 Å². The highest BCUT2D eigenvalue weighted by molar-refractivity contribution is 7.15. The maximum absolute atomic E-state index is 13.2. The second-order valence-corrected chi connectivity index (χ2v) is 13.1. The largest absolute Gasteiger partial charge is 0.392 e. The topological polar surface area (TPSA) is 68.7 Å². The van der Waals surface area contributed by atoms with E-state index in [-0.39, 0.29) is 35.0 Å². The lowest BCUT2D eigenvalue weighted by Crippen LogP contribution is -2.53. The molecule has 1 amide bonds. The van der Waals surface area contributed by atoms with E-state index in [1.165, 1.54) is 4.88 Å². The number of likely N-dealkylation sites (N-methyl/N-ethyl adjacent to an activating group) is 2. The van der Waals surface area contributed by atoms with Crippen LogP contribution in [0.3, 0.4) is 0 Å². The molecule has 0 bridgehead atoms. The lowest BCUT2D eigenvalue weighted by molar-refractivity contribution is -0.143. The minimum Gasteiger partial charge on any atom is -0.392 e. The van der Waals surface area contributed by atoms with Gasteiger partial charge in [-0.3, -0.25) is 4.79 Å². The summed E-state index contributed by atoms with van der Waals surface area (Å²) in [6.07, 6.45) is 2.16. The van der Waals surface area contributed by atoms with Crippen LogP contribution in [0.1, 0.15) is 50.1 Å². The number of hydrogen-bond donors (Lipinski definition) is 2. The summed E-state index contributed by atoms with van der Waals surface area (Å²) in [7, 11) is 5.88. The van der Waals surface area contributed by atoms with Crippen molar-refractivity contribution in [3.63, 3.8) is 0 Å². The Morgan fingerprint density at radius 2 is 1.94 bits per heavy atom. The van der Waals surface area contributed by atoms with Crippen LogP contribution in [0.2, 0.25) is 10.0 Å². The van der Waals surface area contributed by atoms with Crippen molar-refractivity contribution < 1.29 is 9.90 Å². The van der Waals surface area contributed by atoms with Gasteiger partial charge in [0.1, 0.15) is 0 Å². The first-order valence-electron chi connectivity index (χ1n) is 12.7. The molecule has 4 rings (SSSR count). The maximum atomic E-state index is 13.2. The number of aliphatic hydroxyl groups excluding tert-OH is 1. The van der Waals surface area contributed by atoms with E-state index in [4.69, 9.17) is 28.2 Å². The molecule has 1 aromatic heterocycles. The molecule has 2 aromatic rings. The van der Waals surface area contributed by atoms with Crippen LogP contribution in [-0.4, -0.2) is 66.1 Å². The van der Waals surface area contributed by atoms with Crippen LogP contribution in [0, 0.1) is 23.2 Å². The second kappa shape index (κ2) is 10.8. The van der Waals surface area contributed by atoms with Gasteiger partial charge in [-0.1, -0.05) is 50.0 Å². The summed E-state index contributed by atoms with van der Waals surface area (Å²) in [5, 5.41) is 16.9. The van der Waals surface area contributed by atoms with Crippen LogP contribution in [0.25, 0.3) is 0 Å². The molecular weight excluding hydrogens is 515 g/mol. The molecule has 2 aliphatic carbocycles. The Morgan fingerprint density at radius 3 is 2.58 bits per heavy atom. The minimum atomic E-state index is -0.552. The average molecular weight is 554 g/mol. The van der Waals surface area contributed by atoms with E-state index in [9.17, 15) is 9.90 Å². The van der Waals surface area contributed by atoms with Gasteiger partial charge < -0.3 is 20.2 Å². The number of rotatable bonds is 7. The number of para-hydroxylation sites is 1. The molecule has 6 nitrogen and oxygen atoms in total. The van der Waals surface area contributed by atoms with Crippen LogP contribution < -0.4 is 5.32 Å². The number of amides is 1. The van der Waals surface area contributed by atoms with Gasteiger partial charge in [-0.15, -0.1) is 11.3 Å². The molecule has 0 aliphatic heterocycles. The number of thiazole rings is 1. The smallest absolute Gasteiger partial charge is 0.225 e. The summed E-state index contributed by atoms with van der Waals surface area (Å²) in [6, 6.07) is 5.43. The predicted molar refractivity (Wildman–Crippen MR) is 150 cm³/mol. The predicted octanol–water partition coefficient (Wildman–Crippen LogP) is 5.90. The second-order valence-electron chi connectivity index (χ2n) is 11.2. The zero-order valence-electron chi connectivity index (χ0n) is 22.0. The number of halogens is 2. The van der Waals surface area contributed by atoms with Crippen molar-refractivity contribution in [2.75, 3.05) is 39.5 Å². The van der Waals surface area contributed by atoms with Crippen molar-refractivity contribution in [2.45, 2.75) is 52.1 Å². The number of nitrogens with one attached hydrogen (secondary N) is 1. The summed E-state index contributed by atoms with van der Waals surface area (Å²) < 4.78 is 0. The fourth-order valence-electron chi connectivity index (χ4n) is 6.32. The zero-order chi connectivity index (χ0) is 26.4. The van der Waals surface area contributed by atoms with Crippen LogP contribution in [0.4, 0.5) is 10.8 Å². The number of aliphatic hydroxyl groups is 1. The third kappa shape index (κ3) is 5.28. The SMILES string of the molecule is CC(C(=O)N(C)CCN(C)C)C1CCC2(C)Cc3sc(Nc4c(Cl)cccc4Cl)nc3C(C)C2C1O. The fourth-order valence-corrected chi connectivity index (χ4v) is 8.08. The van der Waals surface area contributed by atoms with Gasteiger partial charge in [0.05, 0.1) is 27.5 Å². The highest BCUT2D eigenvalue weighted by Crippen LogP contribution is 2.57. The lowest BCUT2D eigenvalue weighted by Gasteiger charge is -2.53. The summed E-state index contributed by atoms with van der Waals surface area (Å²) in [5.74, 6) is -0.0333. The molecule has 9 heteroatoms. The number of anilines is 2. The highest BCUT2D eigenvalue weighted by atomic mass is 35.5. The van der Waals surface area contributed by atoms with Crippen LogP contribution >= 0.6 is 34.5 Å². The molecule has 198 valence electrons. The molecule has 2 N–H and O–H groups in total. The van der Waals surface area contributed by atoms with Gasteiger partial charge in [0.2, 0.25) is 5.91 Å². The third-order valence-electron chi connectivity index (χ3n) is 8.41. The summed E-state index contributed by atoms with van der Waals surface area (Å²) in [6.45, 7) is 7.96.